The third kappa shape index (κ3) is 4.69. The van der Waals surface area contributed by atoms with Gasteiger partial charge in [0.2, 0.25) is 0 Å². The van der Waals surface area contributed by atoms with Crippen LogP contribution in [0.2, 0.25) is 0 Å². The fourth-order valence-electron chi connectivity index (χ4n) is 2.85. The number of hydrogen-bond donors (Lipinski definition) is 0. The lowest BCUT2D eigenvalue weighted by molar-refractivity contribution is 0.0783. The van der Waals surface area contributed by atoms with Gasteiger partial charge in [-0.3, -0.25) is 9.59 Å². The van der Waals surface area contributed by atoms with Crippen LogP contribution in [0.4, 0.5) is 0 Å². The van der Waals surface area contributed by atoms with Crippen LogP contribution in [0.25, 0.3) is 0 Å². The molecule has 2 heterocycles. The summed E-state index contributed by atoms with van der Waals surface area (Å²) in [5.74, 6) is 0.762. The smallest absolute Gasteiger partial charge is 0.274 e. The minimum atomic E-state index is -0.228. The molecule has 2 aromatic heterocycles. The summed E-state index contributed by atoms with van der Waals surface area (Å²) >= 11 is 0. The van der Waals surface area contributed by atoms with Gasteiger partial charge in [-0.05, 0) is 25.0 Å². The van der Waals surface area contributed by atoms with Gasteiger partial charge in [-0.25, -0.2) is 9.67 Å². The number of carbonyl (C=O) groups is 1. The largest absolute Gasteiger partial charge is 0.340 e. The first-order chi connectivity index (χ1) is 13.0. The van der Waals surface area contributed by atoms with Gasteiger partial charge < -0.3 is 9.47 Å². The van der Waals surface area contributed by atoms with Crippen LogP contribution in [0, 0.1) is 6.92 Å². The molecule has 0 bridgehead atoms. The minimum Gasteiger partial charge on any atom is -0.340 e. The summed E-state index contributed by atoms with van der Waals surface area (Å²) in [6.07, 6.45) is 4.51. The van der Waals surface area contributed by atoms with Crippen LogP contribution >= 0.6 is 0 Å². The number of aryl methyl sites for hydroxylation is 2. The molecule has 140 valence electrons. The summed E-state index contributed by atoms with van der Waals surface area (Å²) in [6.45, 7) is 3.68. The lowest BCUT2D eigenvalue weighted by Gasteiger charge is -2.17. The van der Waals surface area contributed by atoms with E-state index >= 15 is 0 Å². The molecule has 0 aliphatic heterocycles. The zero-order valence-electron chi connectivity index (χ0n) is 15.6. The predicted octanol–water partition coefficient (Wildman–Crippen LogP) is 1.96. The van der Waals surface area contributed by atoms with E-state index in [4.69, 9.17) is 0 Å². The van der Waals surface area contributed by atoms with E-state index in [1.54, 1.807) is 18.1 Å². The average Bonchev–Trinajstić information content (AvgIpc) is 3.08. The molecule has 1 aromatic carbocycles. The van der Waals surface area contributed by atoms with Crippen molar-refractivity contribution in [1.82, 2.24) is 24.2 Å². The number of amides is 1. The van der Waals surface area contributed by atoms with E-state index in [9.17, 15) is 9.59 Å². The summed E-state index contributed by atoms with van der Waals surface area (Å²) in [5, 5.41) is 4.26. The van der Waals surface area contributed by atoms with Crippen molar-refractivity contribution in [3.63, 3.8) is 0 Å². The maximum absolute atomic E-state index is 12.6. The molecule has 0 spiro atoms. The summed E-state index contributed by atoms with van der Waals surface area (Å²) in [6, 6.07) is 12.5. The van der Waals surface area contributed by atoms with E-state index in [2.05, 4.69) is 14.6 Å². The Hall–Kier alpha value is -3.22. The molecule has 0 fully saturated rings. The summed E-state index contributed by atoms with van der Waals surface area (Å²) in [5.41, 5.74) is 1.00. The maximum atomic E-state index is 12.6. The van der Waals surface area contributed by atoms with Crippen molar-refractivity contribution >= 4 is 5.91 Å². The third-order valence-corrected chi connectivity index (χ3v) is 4.42. The van der Waals surface area contributed by atoms with Crippen LogP contribution in [0.3, 0.4) is 0 Å². The summed E-state index contributed by atoms with van der Waals surface area (Å²) in [4.78, 5) is 30.5. The van der Waals surface area contributed by atoms with Gasteiger partial charge in [0, 0.05) is 38.6 Å². The monoisotopic (exact) mass is 365 g/mol. The van der Waals surface area contributed by atoms with Gasteiger partial charge in [-0.2, -0.15) is 5.10 Å². The molecule has 0 saturated carbocycles. The number of benzene rings is 1. The first-order valence-electron chi connectivity index (χ1n) is 8.90. The van der Waals surface area contributed by atoms with Crippen LogP contribution in [0.15, 0.2) is 59.7 Å². The van der Waals surface area contributed by atoms with Crippen molar-refractivity contribution in [2.45, 2.75) is 26.4 Å². The molecule has 0 radical (unpaired) electrons. The highest BCUT2D eigenvalue weighted by Crippen LogP contribution is 2.04. The summed E-state index contributed by atoms with van der Waals surface area (Å²) < 4.78 is 3.38. The topological polar surface area (TPSA) is 73.0 Å². The van der Waals surface area contributed by atoms with E-state index in [0.717, 1.165) is 24.4 Å². The van der Waals surface area contributed by atoms with Crippen LogP contribution in [0.5, 0.6) is 0 Å². The van der Waals surface area contributed by atoms with Crippen molar-refractivity contribution in [2.75, 3.05) is 13.6 Å². The van der Waals surface area contributed by atoms with Crippen molar-refractivity contribution < 1.29 is 4.79 Å². The number of aromatic nitrogens is 4. The Morgan fingerprint density at radius 2 is 1.93 bits per heavy atom. The number of imidazole rings is 1. The van der Waals surface area contributed by atoms with Gasteiger partial charge in [0.25, 0.3) is 11.5 Å². The first kappa shape index (κ1) is 18.6. The fraction of sp³-hybridized carbons (Fsp3) is 0.300. The van der Waals surface area contributed by atoms with E-state index in [1.165, 1.54) is 16.8 Å². The van der Waals surface area contributed by atoms with Crippen molar-refractivity contribution in [2.24, 2.45) is 0 Å². The molecule has 3 rings (SSSR count). The molecular formula is C20H23N5O2. The van der Waals surface area contributed by atoms with Crippen molar-refractivity contribution in [3.8, 4) is 0 Å². The Morgan fingerprint density at radius 3 is 2.63 bits per heavy atom. The molecular weight excluding hydrogens is 342 g/mol. The molecule has 0 atom stereocenters. The average molecular weight is 365 g/mol. The van der Waals surface area contributed by atoms with Crippen LogP contribution in [-0.2, 0) is 13.1 Å². The summed E-state index contributed by atoms with van der Waals surface area (Å²) in [7, 11) is 1.75. The highest BCUT2D eigenvalue weighted by atomic mass is 16.2. The van der Waals surface area contributed by atoms with Gasteiger partial charge in [-0.15, -0.1) is 0 Å². The minimum absolute atomic E-state index is 0.195. The molecule has 3 aromatic rings. The number of carbonyl (C=O) groups excluding carboxylic acids is 1. The van der Waals surface area contributed by atoms with Crippen molar-refractivity contribution in [1.29, 1.82) is 0 Å². The zero-order chi connectivity index (χ0) is 19.2. The SMILES string of the molecule is Cc1nccn1CCCN(C)C(=O)c1ccc(=O)n(Cc2ccccc2)n1. The quantitative estimate of drug-likeness (QED) is 0.642. The Morgan fingerprint density at radius 1 is 1.15 bits per heavy atom. The lowest BCUT2D eigenvalue weighted by Crippen LogP contribution is -2.32. The van der Waals surface area contributed by atoms with E-state index in [1.807, 2.05) is 43.5 Å². The molecule has 0 aliphatic carbocycles. The van der Waals surface area contributed by atoms with E-state index in [-0.39, 0.29) is 17.2 Å². The van der Waals surface area contributed by atoms with Crippen molar-refractivity contribution in [3.05, 3.63) is 82.3 Å². The Labute approximate surface area is 157 Å². The normalized spacial score (nSPS) is 10.7. The highest BCUT2D eigenvalue weighted by molar-refractivity contribution is 5.91. The van der Waals surface area contributed by atoms with Gasteiger partial charge in [0.15, 0.2) is 0 Å². The molecule has 0 N–H and O–H groups in total. The van der Waals surface area contributed by atoms with Gasteiger partial charge in [0.1, 0.15) is 11.5 Å². The van der Waals surface area contributed by atoms with Crippen LogP contribution < -0.4 is 5.56 Å². The molecule has 0 aliphatic rings. The zero-order valence-corrected chi connectivity index (χ0v) is 15.6. The number of hydrogen-bond acceptors (Lipinski definition) is 4. The molecule has 0 unspecified atom stereocenters. The Bertz CT molecular complexity index is 962. The molecule has 27 heavy (non-hydrogen) atoms. The number of nitrogens with zero attached hydrogens (tertiary/aromatic N) is 5. The van der Waals surface area contributed by atoms with E-state index < -0.39 is 0 Å². The van der Waals surface area contributed by atoms with Crippen LogP contribution in [0.1, 0.15) is 28.3 Å². The molecule has 1 amide bonds. The van der Waals surface area contributed by atoms with Gasteiger partial charge >= 0.3 is 0 Å². The number of rotatable bonds is 7. The van der Waals surface area contributed by atoms with Crippen LogP contribution in [-0.4, -0.2) is 43.7 Å². The lowest BCUT2D eigenvalue weighted by atomic mass is 10.2. The second-order valence-electron chi connectivity index (χ2n) is 6.45. The standard InChI is InChI=1S/C20H23N5O2/c1-16-21-11-14-24(16)13-6-12-23(2)20(27)18-9-10-19(26)25(22-18)15-17-7-4-3-5-8-17/h3-5,7-11,14H,6,12-13,15H2,1-2H3. The fourth-order valence-corrected chi connectivity index (χ4v) is 2.85. The van der Waals surface area contributed by atoms with Gasteiger partial charge in [-0.1, -0.05) is 30.3 Å². The second kappa shape index (κ2) is 8.44. The van der Waals surface area contributed by atoms with E-state index in [0.29, 0.717) is 13.1 Å². The molecule has 7 heteroatoms. The Kier molecular flexibility index (Phi) is 5.80. The Balaban J connectivity index is 1.64. The highest BCUT2D eigenvalue weighted by Gasteiger charge is 2.14. The molecule has 7 nitrogen and oxygen atoms in total. The predicted molar refractivity (Wildman–Crippen MR) is 103 cm³/mol. The van der Waals surface area contributed by atoms with Gasteiger partial charge in [0.05, 0.1) is 6.54 Å². The maximum Gasteiger partial charge on any atom is 0.274 e. The first-order valence-corrected chi connectivity index (χ1v) is 8.90. The molecule has 0 saturated heterocycles. The second-order valence-corrected chi connectivity index (χ2v) is 6.45. The third-order valence-electron chi connectivity index (χ3n) is 4.42.